The van der Waals surface area contributed by atoms with E-state index in [1.54, 1.807) is 4.90 Å². The summed E-state index contributed by atoms with van der Waals surface area (Å²) in [6.45, 7) is 2.73. The summed E-state index contributed by atoms with van der Waals surface area (Å²) in [4.78, 5) is 18.5. The summed E-state index contributed by atoms with van der Waals surface area (Å²) in [6.07, 6.45) is 0.529. The van der Waals surface area contributed by atoms with Crippen molar-refractivity contribution >= 4 is 16.9 Å². The zero-order valence-corrected chi connectivity index (χ0v) is 12.5. The molecule has 0 saturated heterocycles. The van der Waals surface area contributed by atoms with E-state index in [9.17, 15) is 4.79 Å². The van der Waals surface area contributed by atoms with Crippen LogP contribution >= 0.6 is 0 Å². The van der Waals surface area contributed by atoms with Crippen molar-refractivity contribution in [2.24, 2.45) is 0 Å². The molecule has 0 N–H and O–H groups in total. The molecule has 0 atom stereocenters. The maximum Gasteiger partial charge on any atom is 0.242 e. The number of carbonyl (C=O) groups excluding carboxylic acids is 1. The molecule has 6 heteroatoms. The van der Waals surface area contributed by atoms with Crippen molar-refractivity contribution in [2.75, 3.05) is 13.1 Å². The topological polar surface area (TPSA) is 85.7 Å². The predicted molar refractivity (Wildman–Crippen MR) is 81.5 cm³/mol. The van der Waals surface area contributed by atoms with Crippen molar-refractivity contribution in [3.05, 3.63) is 30.1 Å². The fraction of sp³-hybridized carbons (Fsp3) is 0.375. The molecule has 0 bridgehead atoms. The summed E-state index contributed by atoms with van der Waals surface area (Å²) in [5, 5.41) is 17.4. The number of aromatic nitrogens is 2. The van der Waals surface area contributed by atoms with Crippen molar-refractivity contribution < 1.29 is 4.79 Å². The van der Waals surface area contributed by atoms with Gasteiger partial charge >= 0.3 is 0 Å². The molecule has 6 nitrogen and oxygen atoms in total. The summed E-state index contributed by atoms with van der Waals surface area (Å²) in [5.41, 5.74) is 1.77. The number of hydrogen-bond acceptors (Lipinski definition) is 4. The van der Waals surface area contributed by atoms with Gasteiger partial charge in [-0.3, -0.25) is 4.79 Å². The minimum Gasteiger partial charge on any atom is -0.339 e. The molecule has 0 aliphatic heterocycles. The van der Waals surface area contributed by atoms with Crippen LogP contribution in [0.4, 0.5) is 0 Å². The van der Waals surface area contributed by atoms with Gasteiger partial charge in [-0.2, -0.15) is 10.5 Å². The Balaban J connectivity index is 2.19. The smallest absolute Gasteiger partial charge is 0.242 e. The molecule has 0 aliphatic rings. The first-order chi connectivity index (χ1) is 10.7. The van der Waals surface area contributed by atoms with Crippen molar-refractivity contribution in [1.29, 1.82) is 10.5 Å². The molecule has 0 unspecified atom stereocenters. The Morgan fingerprint density at radius 2 is 1.86 bits per heavy atom. The monoisotopic (exact) mass is 295 g/mol. The maximum atomic E-state index is 12.5. The molecule has 1 amide bonds. The first-order valence-corrected chi connectivity index (χ1v) is 7.11. The van der Waals surface area contributed by atoms with Crippen molar-refractivity contribution in [3.8, 4) is 12.1 Å². The number of rotatable bonds is 6. The largest absolute Gasteiger partial charge is 0.339 e. The van der Waals surface area contributed by atoms with Crippen LogP contribution < -0.4 is 0 Å². The van der Waals surface area contributed by atoms with E-state index in [1.807, 2.05) is 47.9 Å². The van der Waals surface area contributed by atoms with Crippen LogP contribution in [0.5, 0.6) is 0 Å². The van der Waals surface area contributed by atoms with Gasteiger partial charge in [0.25, 0.3) is 0 Å². The van der Waals surface area contributed by atoms with Crippen LogP contribution in [0.1, 0.15) is 18.7 Å². The SMILES string of the molecule is Cc1nc2ccccc2n1CC(=O)N(CCC#N)CCC#N. The second-order valence-electron chi connectivity index (χ2n) is 4.93. The van der Waals surface area contributed by atoms with Gasteiger partial charge in [-0.05, 0) is 19.1 Å². The van der Waals surface area contributed by atoms with Gasteiger partial charge in [0, 0.05) is 13.1 Å². The van der Waals surface area contributed by atoms with Gasteiger partial charge in [-0.1, -0.05) is 12.1 Å². The van der Waals surface area contributed by atoms with Crippen LogP contribution in [0.3, 0.4) is 0 Å². The molecule has 2 aromatic rings. The molecule has 1 heterocycles. The Morgan fingerprint density at radius 3 is 2.50 bits per heavy atom. The third-order valence-electron chi connectivity index (χ3n) is 3.48. The molecule has 0 radical (unpaired) electrons. The van der Waals surface area contributed by atoms with E-state index in [-0.39, 0.29) is 25.3 Å². The number of hydrogen-bond donors (Lipinski definition) is 0. The van der Waals surface area contributed by atoms with Gasteiger partial charge < -0.3 is 9.47 Å². The lowest BCUT2D eigenvalue weighted by molar-refractivity contribution is -0.131. The highest BCUT2D eigenvalue weighted by atomic mass is 16.2. The average Bonchev–Trinajstić information content (AvgIpc) is 2.83. The quantitative estimate of drug-likeness (QED) is 0.815. The zero-order chi connectivity index (χ0) is 15.9. The summed E-state index contributed by atoms with van der Waals surface area (Å²) < 4.78 is 1.86. The summed E-state index contributed by atoms with van der Waals surface area (Å²) in [6, 6.07) is 11.7. The standard InChI is InChI=1S/C16H17N5O/c1-13-19-14-6-2-3-7-15(14)21(13)12-16(22)20(10-4-8-17)11-5-9-18/h2-3,6-7H,4-5,10-12H2,1H3. The molecule has 112 valence electrons. The lowest BCUT2D eigenvalue weighted by atomic mass is 10.3. The van der Waals surface area contributed by atoms with E-state index >= 15 is 0 Å². The fourth-order valence-electron chi connectivity index (χ4n) is 2.36. The normalized spacial score (nSPS) is 10.1. The summed E-state index contributed by atoms with van der Waals surface area (Å²) in [7, 11) is 0. The number of amides is 1. The van der Waals surface area contributed by atoms with Gasteiger partial charge in [-0.25, -0.2) is 4.98 Å². The van der Waals surface area contributed by atoms with Crippen LogP contribution in [-0.2, 0) is 11.3 Å². The lowest BCUT2D eigenvalue weighted by Crippen LogP contribution is -2.35. The predicted octanol–water partition coefficient (Wildman–Crippen LogP) is 2.00. The average molecular weight is 295 g/mol. The number of imidazole rings is 1. The number of nitrogens with zero attached hydrogens (tertiary/aromatic N) is 5. The van der Waals surface area contributed by atoms with Crippen molar-refractivity contribution in [1.82, 2.24) is 14.5 Å². The third-order valence-corrected chi connectivity index (χ3v) is 3.48. The van der Waals surface area contributed by atoms with Crippen LogP contribution in [0.2, 0.25) is 0 Å². The van der Waals surface area contributed by atoms with Crippen molar-refractivity contribution in [3.63, 3.8) is 0 Å². The number of aryl methyl sites for hydroxylation is 1. The van der Waals surface area contributed by atoms with E-state index < -0.39 is 0 Å². The second kappa shape index (κ2) is 7.24. The van der Waals surface area contributed by atoms with E-state index in [0.29, 0.717) is 13.1 Å². The highest BCUT2D eigenvalue weighted by Crippen LogP contribution is 2.15. The van der Waals surface area contributed by atoms with Crippen LogP contribution in [0.15, 0.2) is 24.3 Å². The number of para-hydroxylation sites is 2. The minimum atomic E-state index is -0.100. The van der Waals surface area contributed by atoms with E-state index in [0.717, 1.165) is 16.9 Å². The van der Waals surface area contributed by atoms with Gasteiger partial charge in [0.2, 0.25) is 5.91 Å². The number of nitriles is 2. The number of carbonyl (C=O) groups is 1. The summed E-state index contributed by atoms with van der Waals surface area (Å²) >= 11 is 0. The number of fused-ring (bicyclic) bond motifs is 1. The maximum absolute atomic E-state index is 12.5. The molecule has 0 aliphatic carbocycles. The first-order valence-electron chi connectivity index (χ1n) is 7.11. The molecule has 0 fully saturated rings. The van der Waals surface area contributed by atoms with Gasteiger partial charge in [0.15, 0.2) is 0 Å². The molecule has 0 saturated carbocycles. The first kappa shape index (κ1) is 15.5. The molecular formula is C16H17N5O. The lowest BCUT2D eigenvalue weighted by Gasteiger charge is -2.21. The minimum absolute atomic E-state index is 0.100. The number of benzene rings is 1. The van der Waals surface area contributed by atoms with Crippen LogP contribution in [0, 0.1) is 29.6 Å². The molecular weight excluding hydrogens is 278 g/mol. The molecule has 2 rings (SSSR count). The van der Waals surface area contributed by atoms with E-state index in [2.05, 4.69) is 4.98 Å². The van der Waals surface area contributed by atoms with Crippen LogP contribution in [0.25, 0.3) is 11.0 Å². The highest BCUT2D eigenvalue weighted by molar-refractivity contribution is 5.81. The Hall–Kier alpha value is -2.86. The Morgan fingerprint density at radius 1 is 1.23 bits per heavy atom. The van der Waals surface area contributed by atoms with Gasteiger partial charge in [0.05, 0.1) is 36.0 Å². The Labute approximate surface area is 129 Å². The molecule has 1 aromatic carbocycles. The fourth-order valence-corrected chi connectivity index (χ4v) is 2.36. The third kappa shape index (κ3) is 3.42. The Kier molecular flexibility index (Phi) is 5.11. The zero-order valence-electron chi connectivity index (χ0n) is 12.5. The van der Waals surface area contributed by atoms with E-state index in [1.165, 1.54) is 0 Å². The van der Waals surface area contributed by atoms with Gasteiger partial charge in [0.1, 0.15) is 12.4 Å². The molecule has 1 aromatic heterocycles. The van der Waals surface area contributed by atoms with Crippen molar-refractivity contribution in [2.45, 2.75) is 26.3 Å². The second-order valence-corrected chi connectivity index (χ2v) is 4.93. The Bertz CT molecular complexity index is 732. The summed E-state index contributed by atoms with van der Waals surface area (Å²) in [5.74, 6) is 0.673. The highest BCUT2D eigenvalue weighted by Gasteiger charge is 2.16. The molecule has 22 heavy (non-hydrogen) atoms. The van der Waals surface area contributed by atoms with Crippen LogP contribution in [-0.4, -0.2) is 33.4 Å². The molecule has 0 spiro atoms. The van der Waals surface area contributed by atoms with Gasteiger partial charge in [-0.15, -0.1) is 0 Å². The van der Waals surface area contributed by atoms with E-state index in [4.69, 9.17) is 10.5 Å².